The third-order valence-corrected chi connectivity index (χ3v) is 5.87. The van der Waals surface area contributed by atoms with Gasteiger partial charge in [0.1, 0.15) is 11.6 Å². The molecule has 5 nitrogen and oxygen atoms in total. The number of amides is 1. The van der Waals surface area contributed by atoms with Crippen molar-refractivity contribution < 1.29 is 4.79 Å². The van der Waals surface area contributed by atoms with E-state index in [2.05, 4.69) is 23.6 Å². The molecular formula is C21H34N4O. The number of aryl methyl sites for hydroxylation is 1. The molecule has 0 spiro atoms. The van der Waals surface area contributed by atoms with E-state index >= 15 is 0 Å². The lowest BCUT2D eigenvalue weighted by atomic mass is 9.96. The fourth-order valence-corrected chi connectivity index (χ4v) is 4.28. The Morgan fingerprint density at radius 3 is 2.58 bits per heavy atom. The zero-order valence-electron chi connectivity index (χ0n) is 16.8. The standard InChI is InChI=1S/C21H34N4O/c1-4-6-10-17(5-2)21(26)25-14-11-19-18(15-25)20(23-16(3)22-19)24-12-8-7-9-13-24/h17H,4-15H2,1-3H3/t17-/m1/s1. The number of unbranched alkanes of at least 4 members (excludes halogenated alkanes) is 1. The van der Waals surface area contributed by atoms with Gasteiger partial charge < -0.3 is 9.80 Å². The zero-order valence-corrected chi connectivity index (χ0v) is 16.8. The van der Waals surface area contributed by atoms with Gasteiger partial charge in [0.2, 0.25) is 5.91 Å². The quantitative estimate of drug-likeness (QED) is 0.774. The molecule has 0 unspecified atom stereocenters. The van der Waals surface area contributed by atoms with Crippen LogP contribution in [0.25, 0.3) is 0 Å². The Morgan fingerprint density at radius 2 is 1.88 bits per heavy atom. The van der Waals surface area contributed by atoms with Crippen LogP contribution in [0.4, 0.5) is 5.82 Å². The van der Waals surface area contributed by atoms with E-state index in [-0.39, 0.29) is 5.92 Å². The number of nitrogens with zero attached hydrogens (tertiary/aromatic N) is 4. The Bertz CT molecular complexity index is 625. The Balaban J connectivity index is 1.81. The first kappa shape index (κ1) is 19.1. The van der Waals surface area contributed by atoms with Crippen molar-refractivity contribution in [1.29, 1.82) is 0 Å². The van der Waals surface area contributed by atoms with E-state index in [1.807, 2.05) is 6.92 Å². The lowest BCUT2D eigenvalue weighted by molar-refractivity contribution is -0.136. The maximum atomic E-state index is 13.1. The Morgan fingerprint density at radius 1 is 1.12 bits per heavy atom. The Kier molecular flexibility index (Phi) is 6.49. The predicted octanol–water partition coefficient (Wildman–Crippen LogP) is 3.88. The number of hydrogen-bond acceptors (Lipinski definition) is 4. The van der Waals surface area contributed by atoms with Gasteiger partial charge in [-0.25, -0.2) is 9.97 Å². The van der Waals surface area contributed by atoms with Crippen LogP contribution in [0.3, 0.4) is 0 Å². The first-order valence-corrected chi connectivity index (χ1v) is 10.5. The highest BCUT2D eigenvalue weighted by molar-refractivity contribution is 5.79. The monoisotopic (exact) mass is 358 g/mol. The van der Waals surface area contributed by atoms with E-state index in [0.29, 0.717) is 12.5 Å². The number of piperidine rings is 1. The van der Waals surface area contributed by atoms with E-state index < -0.39 is 0 Å². The average Bonchev–Trinajstić information content (AvgIpc) is 2.68. The van der Waals surface area contributed by atoms with E-state index in [9.17, 15) is 4.79 Å². The number of aromatic nitrogens is 2. The summed E-state index contributed by atoms with van der Waals surface area (Å²) < 4.78 is 0. The van der Waals surface area contributed by atoms with E-state index in [1.54, 1.807) is 0 Å². The van der Waals surface area contributed by atoms with Gasteiger partial charge in [0, 0.05) is 37.5 Å². The molecule has 3 rings (SSSR count). The van der Waals surface area contributed by atoms with Crippen LogP contribution in [0.2, 0.25) is 0 Å². The maximum absolute atomic E-state index is 13.1. The SMILES string of the molecule is CCCC[C@@H](CC)C(=O)N1CCc2nc(C)nc(N3CCCCC3)c2C1. The summed E-state index contributed by atoms with van der Waals surface area (Å²) in [6.45, 7) is 9.95. The largest absolute Gasteiger partial charge is 0.356 e. The van der Waals surface area contributed by atoms with Gasteiger partial charge in [0.05, 0.1) is 12.2 Å². The lowest BCUT2D eigenvalue weighted by Gasteiger charge is -2.35. The minimum Gasteiger partial charge on any atom is -0.356 e. The molecule has 1 fully saturated rings. The van der Waals surface area contributed by atoms with Crippen molar-refractivity contribution in [3.8, 4) is 0 Å². The van der Waals surface area contributed by atoms with Crippen molar-refractivity contribution in [1.82, 2.24) is 14.9 Å². The highest BCUT2D eigenvalue weighted by Crippen LogP contribution is 2.30. The highest BCUT2D eigenvalue weighted by atomic mass is 16.2. The second-order valence-electron chi connectivity index (χ2n) is 7.82. The number of rotatable bonds is 6. The van der Waals surface area contributed by atoms with Crippen LogP contribution >= 0.6 is 0 Å². The highest BCUT2D eigenvalue weighted by Gasteiger charge is 2.30. The van der Waals surface area contributed by atoms with Gasteiger partial charge >= 0.3 is 0 Å². The molecule has 2 aliphatic rings. The van der Waals surface area contributed by atoms with Crippen LogP contribution in [0.15, 0.2) is 0 Å². The number of carbonyl (C=O) groups excluding carboxylic acids is 1. The number of hydrogen-bond donors (Lipinski definition) is 0. The van der Waals surface area contributed by atoms with Crippen LogP contribution in [-0.4, -0.2) is 40.4 Å². The lowest BCUT2D eigenvalue weighted by Crippen LogP contribution is -2.41. The van der Waals surface area contributed by atoms with E-state index in [4.69, 9.17) is 9.97 Å². The van der Waals surface area contributed by atoms with Crippen LogP contribution in [0.1, 0.15) is 75.9 Å². The normalized spacial score (nSPS) is 18.6. The van der Waals surface area contributed by atoms with Crippen molar-refractivity contribution in [2.75, 3.05) is 24.5 Å². The molecule has 0 aromatic carbocycles. The fraction of sp³-hybridized carbons (Fsp3) is 0.762. The summed E-state index contributed by atoms with van der Waals surface area (Å²) in [7, 11) is 0. The van der Waals surface area contributed by atoms with Crippen molar-refractivity contribution in [3.05, 3.63) is 17.1 Å². The number of carbonyl (C=O) groups is 1. The average molecular weight is 359 g/mol. The third-order valence-electron chi connectivity index (χ3n) is 5.87. The minimum atomic E-state index is 0.168. The molecule has 3 heterocycles. The topological polar surface area (TPSA) is 49.3 Å². The number of anilines is 1. The molecule has 1 saturated heterocycles. The van der Waals surface area contributed by atoms with Crippen molar-refractivity contribution in [3.63, 3.8) is 0 Å². The molecule has 1 aromatic rings. The van der Waals surface area contributed by atoms with Gasteiger partial charge in [0.25, 0.3) is 0 Å². The molecule has 1 atom stereocenters. The second-order valence-corrected chi connectivity index (χ2v) is 7.82. The van der Waals surface area contributed by atoms with Crippen LogP contribution in [0, 0.1) is 12.8 Å². The summed E-state index contributed by atoms with van der Waals surface area (Å²) in [4.78, 5) is 27.1. The molecule has 5 heteroatoms. The molecule has 0 aliphatic carbocycles. The van der Waals surface area contributed by atoms with E-state index in [1.165, 1.54) is 24.8 Å². The Hall–Kier alpha value is -1.65. The maximum Gasteiger partial charge on any atom is 0.225 e. The molecule has 0 bridgehead atoms. The van der Waals surface area contributed by atoms with Crippen LogP contribution < -0.4 is 4.90 Å². The molecule has 144 valence electrons. The summed E-state index contributed by atoms with van der Waals surface area (Å²) in [5, 5.41) is 0. The van der Waals surface area contributed by atoms with Crippen LogP contribution in [0.5, 0.6) is 0 Å². The molecule has 1 amide bonds. The molecule has 0 saturated carbocycles. The summed E-state index contributed by atoms with van der Waals surface area (Å²) in [6.07, 6.45) is 8.86. The van der Waals surface area contributed by atoms with Crippen molar-refractivity contribution in [2.45, 2.75) is 78.7 Å². The molecule has 1 aromatic heterocycles. The zero-order chi connectivity index (χ0) is 18.5. The third kappa shape index (κ3) is 4.18. The van der Waals surface area contributed by atoms with E-state index in [0.717, 1.165) is 69.1 Å². The van der Waals surface area contributed by atoms with Gasteiger partial charge in [-0.3, -0.25) is 4.79 Å². The van der Waals surface area contributed by atoms with Gasteiger partial charge in [-0.15, -0.1) is 0 Å². The van der Waals surface area contributed by atoms with Gasteiger partial charge in [0.15, 0.2) is 0 Å². The second kappa shape index (κ2) is 8.83. The molecule has 0 N–H and O–H groups in total. The Labute approximate surface area is 158 Å². The fourth-order valence-electron chi connectivity index (χ4n) is 4.28. The van der Waals surface area contributed by atoms with Gasteiger partial charge in [-0.2, -0.15) is 0 Å². The number of fused-ring (bicyclic) bond motifs is 1. The first-order chi connectivity index (χ1) is 12.6. The molecule has 26 heavy (non-hydrogen) atoms. The first-order valence-electron chi connectivity index (χ1n) is 10.5. The smallest absolute Gasteiger partial charge is 0.225 e. The predicted molar refractivity (Wildman–Crippen MR) is 105 cm³/mol. The summed E-state index contributed by atoms with van der Waals surface area (Å²) >= 11 is 0. The van der Waals surface area contributed by atoms with Crippen LogP contribution in [-0.2, 0) is 17.8 Å². The van der Waals surface area contributed by atoms with Crippen molar-refractivity contribution >= 4 is 11.7 Å². The molecule has 2 aliphatic heterocycles. The summed E-state index contributed by atoms with van der Waals surface area (Å²) in [5.74, 6) is 2.45. The molecule has 0 radical (unpaired) electrons. The summed E-state index contributed by atoms with van der Waals surface area (Å²) in [5.41, 5.74) is 2.35. The summed E-state index contributed by atoms with van der Waals surface area (Å²) in [6, 6.07) is 0. The van der Waals surface area contributed by atoms with Gasteiger partial charge in [-0.05, 0) is 39.0 Å². The molecular weight excluding hydrogens is 324 g/mol. The van der Waals surface area contributed by atoms with Crippen molar-refractivity contribution in [2.24, 2.45) is 5.92 Å². The van der Waals surface area contributed by atoms with Gasteiger partial charge in [-0.1, -0.05) is 26.7 Å². The minimum absolute atomic E-state index is 0.168.